The normalized spacial score (nSPS) is 31.7. The quantitative estimate of drug-likeness (QED) is 0.300. The van der Waals surface area contributed by atoms with E-state index in [1.54, 1.807) is 0 Å². The monoisotopic (exact) mass is 522 g/mol. The Morgan fingerprint density at radius 3 is 1.97 bits per heavy atom. The van der Waals surface area contributed by atoms with Crippen LogP contribution in [0, 0.1) is 39.9 Å². The zero-order valence-corrected chi connectivity index (χ0v) is 25.7. The maximum Gasteiger partial charge on any atom is 0.205 e. The van der Waals surface area contributed by atoms with Gasteiger partial charge < -0.3 is 9.47 Å². The van der Waals surface area contributed by atoms with Crippen molar-refractivity contribution in [3.8, 4) is 5.75 Å². The predicted molar refractivity (Wildman–Crippen MR) is 159 cm³/mol. The molecular weight excluding hydrogens is 464 g/mol. The topological polar surface area (TPSA) is 18.5 Å². The highest BCUT2D eigenvalue weighted by molar-refractivity contribution is 5.31. The van der Waals surface area contributed by atoms with Crippen molar-refractivity contribution in [3.05, 3.63) is 29.8 Å². The van der Waals surface area contributed by atoms with Crippen molar-refractivity contribution in [2.24, 2.45) is 39.9 Å². The number of fused-ring (bicyclic) bond motifs is 1. The molecule has 6 rings (SSSR count). The fraction of sp³-hybridized carbons (Fsp3) is 0.833. The van der Waals surface area contributed by atoms with Crippen LogP contribution in [-0.2, 0) is 4.74 Å². The highest BCUT2D eigenvalue weighted by Crippen LogP contribution is 2.60. The molecule has 0 radical (unpaired) electrons. The van der Waals surface area contributed by atoms with Gasteiger partial charge in [0.25, 0.3) is 0 Å². The van der Waals surface area contributed by atoms with E-state index in [9.17, 15) is 0 Å². The summed E-state index contributed by atoms with van der Waals surface area (Å²) in [5.41, 5.74) is 2.21. The molecule has 0 amide bonds. The number of hydrogen-bond donors (Lipinski definition) is 0. The zero-order valence-electron chi connectivity index (χ0n) is 25.7. The van der Waals surface area contributed by atoms with Crippen LogP contribution in [0.25, 0.3) is 0 Å². The van der Waals surface area contributed by atoms with Gasteiger partial charge in [-0.15, -0.1) is 0 Å². The first-order chi connectivity index (χ1) is 18.0. The van der Waals surface area contributed by atoms with Gasteiger partial charge in [0, 0.05) is 5.41 Å². The standard InChI is InChI=1S/C36H58O2/c1-34(2,3)25-32(35(4,5)6)30-14-16-31(17-15-30)38-33(37-19-18-26-10-8-7-9-11-26)36-22-27-12-13-28(23-36)21-29(20-27)24-36/h14-17,26-29,32-33H,7-13,18-25H2,1-6H3. The molecule has 0 aromatic heterocycles. The van der Waals surface area contributed by atoms with Gasteiger partial charge in [-0.2, -0.15) is 0 Å². The largest absolute Gasteiger partial charge is 0.464 e. The van der Waals surface area contributed by atoms with Crippen LogP contribution in [0.5, 0.6) is 5.75 Å². The third kappa shape index (κ3) is 7.00. The zero-order chi connectivity index (χ0) is 27.0. The molecule has 214 valence electrons. The number of hydrogen-bond acceptors (Lipinski definition) is 2. The lowest BCUT2D eigenvalue weighted by Gasteiger charge is -2.51. The second-order valence-corrected chi connectivity index (χ2v) is 16.5. The first-order valence-corrected chi connectivity index (χ1v) is 16.4. The Labute approximate surface area is 235 Å². The summed E-state index contributed by atoms with van der Waals surface area (Å²) in [7, 11) is 0. The number of rotatable bonds is 9. The van der Waals surface area contributed by atoms with E-state index in [4.69, 9.17) is 9.47 Å². The second kappa shape index (κ2) is 11.5. The van der Waals surface area contributed by atoms with E-state index in [1.807, 2.05) is 0 Å². The van der Waals surface area contributed by atoms with Crippen LogP contribution in [-0.4, -0.2) is 12.9 Å². The van der Waals surface area contributed by atoms with Gasteiger partial charge in [-0.3, -0.25) is 0 Å². The Hall–Kier alpha value is -1.02. The van der Waals surface area contributed by atoms with Crippen LogP contribution in [0.1, 0.15) is 143 Å². The molecule has 5 aliphatic carbocycles. The Bertz CT molecular complexity index is 865. The third-order valence-electron chi connectivity index (χ3n) is 10.8. The SMILES string of the molecule is CC(C)(C)CC(c1ccc(OC(OCCC2CCCCC2)C23CC4CCC(CC(C4)C2)C3)cc1)C(C)(C)C. The molecular formula is C36H58O2. The minimum Gasteiger partial charge on any atom is -0.464 e. The van der Waals surface area contributed by atoms with Gasteiger partial charge in [-0.25, -0.2) is 0 Å². The third-order valence-corrected chi connectivity index (χ3v) is 10.8. The molecule has 0 saturated heterocycles. The predicted octanol–water partition coefficient (Wildman–Crippen LogP) is 10.6. The Balaban J connectivity index is 1.33. The van der Waals surface area contributed by atoms with Crippen LogP contribution in [0.2, 0.25) is 0 Å². The van der Waals surface area contributed by atoms with E-state index in [0.717, 1.165) is 36.0 Å². The summed E-state index contributed by atoms with van der Waals surface area (Å²) in [6.45, 7) is 15.1. The molecule has 1 aromatic rings. The summed E-state index contributed by atoms with van der Waals surface area (Å²) >= 11 is 0. The molecule has 5 saturated carbocycles. The fourth-order valence-corrected chi connectivity index (χ4v) is 9.14. The summed E-state index contributed by atoms with van der Waals surface area (Å²) in [5.74, 6) is 5.08. The van der Waals surface area contributed by atoms with Crippen LogP contribution < -0.4 is 4.74 Å². The van der Waals surface area contributed by atoms with Crippen LogP contribution in [0.15, 0.2) is 24.3 Å². The smallest absolute Gasteiger partial charge is 0.205 e. The lowest BCUT2D eigenvalue weighted by molar-refractivity contribution is -0.195. The van der Waals surface area contributed by atoms with E-state index in [2.05, 4.69) is 65.8 Å². The van der Waals surface area contributed by atoms with Gasteiger partial charge in [0.05, 0.1) is 6.61 Å². The van der Waals surface area contributed by atoms with Crippen molar-refractivity contribution >= 4 is 0 Å². The van der Waals surface area contributed by atoms with Crippen molar-refractivity contribution < 1.29 is 9.47 Å². The fourth-order valence-electron chi connectivity index (χ4n) is 9.14. The molecule has 0 aliphatic heterocycles. The minimum absolute atomic E-state index is 0.0869. The van der Waals surface area contributed by atoms with Crippen molar-refractivity contribution in [3.63, 3.8) is 0 Å². The molecule has 5 fully saturated rings. The molecule has 4 unspecified atom stereocenters. The van der Waals surface area contributed by atoms with Crippen molar-refractivity contribution in [1.29, 1.82) is 0 Å². The van der Waals surface area contributed by atoms with Crippen molar-refractivity contribution in [2.45, 2.75) is 144 Å². The Morgan fingerprint density at radius 2 is 1.39 bits per heavy atom. The van der Waals surface area contributed by atoms with Gasteiger partial charge in [-0.1, -0.05) is 98.6 Å². The van der Waals surface area contributed by atoms with E-state index in [0.29, 0.717) is 11.3 Å². The van der Waals surface area contributed by atoms with Gasteiger partial charge in [0.2, 0.25) is 6.29 Å². The van der Waals surface area contributed by atoms with Crippen molar-refractivity contribution in [1.82, 2.24) is 0 Å². The maximum atomic E-state index is 6.94. The summed E-state index contributed by atoms with van der Waals surface area (Å²) in [6, 6.07) is 9.20. The molecule has 4 bridgehead atoms. The molecule has 4 atom stereocenters. The first kappa shape index (κ1) is 28.5. The van der Waals surface area contributed by atoms with Gasteiger partial charge in [0.15, 0.2) is 0 Å². The number of ether oxygens (including phenoxy) is 2. The van der Waals surface area contributed by atoms with Crippen LogP contribution in [0.3, 0.4) is 0 Å². The number of benzene rings is 1. The first-order valence-electron chi connectivity index (χ1n) is 16.4. The summed E-state index contributed by atoms with van der Waals surface area (Å²) < 4.78 is 13.8. The lowest BCUT2D eigenvalue weighted by Crippen LogP contribution is -2.49. The Morgan fingerprint density at radius 1 is 0.789 bits per heavy atom. The average molecular weight is 523 g/mol. The van der Waals surface area contributed by atoms with Crippen LogP contribution >= 0.6 is 0 Å². The molecule has 0 N–H and O–H groups in total. The summed E-state index contributed by atoms with van der Waals surface area (Å²) in [4.78, 5) is 0. The van der Waals surface area contributed by atoms with E-state index in [1.165, 1.54) is 95.5 Å². The highest BCUT2D eigenvalue weighted by Gasteiger charge is 2.54. The second-order valence-electron chi connectivity index (χ2n) is 16.5. The minimum atomic E-state index is -0.0869. The van der Waals surface area contributed by atoms with E-state index < -0.39 is 0 Å². The summed E-state index contributed by atoms with van der Waals surface area (Å²) in [6.07, 6.45) is 19.1. The average Bonchev–Trinajstić information content (AvgIpc) is 3.07. The van der Waals surface area contributed by atoms with E-state index in [-0.39, 0.29) is 17.1 Å². The van der Waals surface area contributed by atoms with Gasteiger partial charge >= 0.3 is 0 Å². The van der Waals surface area contributed by atoms with E-state index >= 15 is 0 Å². The van der Waals surface area contributed by atoms with Crippen molar-refractivity contribution in [2.75, 3.05) is 6.61 Å². The van der Waals surface area contributed by atoms with Gasteiger partial charge in [-0.05, 0) is 103 Å². The molecule has 2 nitrogen and oxygen atoms in total. The molecule has 5 aliphatic rings. The lowest BCUT2D eigenvalue weighted by atomic mass is 9.58. The van der Waals surface area contributed by atoms with Crippen LogP contribution in [0.4, 0.5) is 0 Å². The molecule has 0 heterocycles. The maximum absolute atomic E-state index is 6.94. The molecule has 0 spiro atoms. The molecule has 38 heavy (non-hydrogen) atoms. The van der Waals surface area contributed by atoms with Gasteiger partial charge in [0.1, 0.15) is 5.75 Å². The highest BCUT2D eigenvalue weighted by atomic mass is 16.7. The molecule has 2 heteroatoms. The summed E-state index contributed by atoms with van der Waals surface area (Å²) in [5, 5.41) is 0. The Kier molecular flexibility index (Phi) is 8.60. The molecule has 1 aromatic carbocycles.